The van der Waals surface area contributed by atoms with Crippen LogP contribution in [0.1, 0.15) is 356 Å². The second kappa shape index (κ2) is 62.5. The van der Waals surface area contributed by atoms with E-state index < -0.39 is 97.5 Å². The Morgan fingerprint density at radius 1 is 0.307 bits per heavy atom. The average molecular weight is 1300 g/mol. The third-order valence-corrected chi connectivity index (χ3v) is 17.9. The molecular formula is C69H134O17P2. The molecular weight excluding hydrogens is 1160 g/mol. The highest BCUT2D eigenvalue weighted by molar-refractivity contribution is 7.47. The van der Waals surface area contributed by atoms with Crippen molar-refractivity contribution in [2.75, 3.05) is 39.6 Å². The lowest BCUT2D eigenvalue weighted by atomic mass is 10.0. The van der Waals surface area contributed by atoms with Crippen molar-refractivity contribution in [3.05, 3.63) is 0 Å². The zero-order chi connectivity index (χ0) is 64.9. The molecule has 17 nitrogen and oxygen atoms in total. The summed E-state index contributed by atoms with van der Waals surface area (Å²) in [5, 5.41) is 10.6. The van der Waals surface area contributed by atoms with E-state index in [0.29, 0.717) is 25.7 Å². The minimum absolute atomic E-state index is 0.106. The van der Waals surface area contributed by atoms with E-state index in [1.165, 1.54) is 180 Å². The maximum Gasteiger partial charge on any atom is 0.472 e. The number of hydrogen-bond donors (Lipinski definition) is 3. The first-order valence-electron chi connectivity index (χ1n) is 36.1. The van der Waals surface area contributed by atoms with Crippen molar-refractivity contribution in [2.45, 2.75) is 374 Å². The molecule has 0 aromatic heterocycles. The van der Waals surface area contributed by atoms with Crippen LogP contribution in [-0.2, 0) is 65.4 Å². The van der Waals surface area contributed by atoms with E-state index in [9.17, 15) is 43.2 Å². The lowest BCUT2D eigenvalue weighted by Crippen LogP contribution is -2.30. The highest BCUT2D eigenvalue weighted by atomic mass is 31.2. The monoisotopic (exact) mass is 1300 g/mol. The van der Waals surface area contributed by atoms with Gasteiger partial charge in [-0.15, -0.1) is 0 Å². The van der Waals surface area contributed by atoms with Gasteiger partial charge in [0.2, 0.25) is 0 Å². The largest absolute Gasteiger partial charge is 0.472 e. The number of carbonyl (C=O) groups is 4. The Kier molecular flexibility index (Phi) is 61.1. The van der Waals surface area contributed by atoms with Crippen molar-refractivity contribution in [1.82, 2.24) is 0 Å². The lowest BCUT2D eigenvalue weighted by molar-refractivity contribution is -0.161. The van der Waals surface area contributed by atoms with Crippen LogP contribution in [0.3, 0.4) is 0 Å². The fourth-order valence-electron chi connectivity index (χ4n) is 10.5. The molecule has 0 saturated heterocycles. The summed E-state index contributed by atoms with van der Waals surface area (Å²) in [4.78, 5) is 72.5. The highest BCUT2D eigenvalue weighted by Crippen LogP contribution is 2.45. The van der Waals surface area contributed by atoms with Gasteiger partial charge in [0.15, 0.2) is 12.2 Å². The molecule has 19 heteroatoms. The smallest absolute Gasteiger partial charge is 0.462 e. The molecule has 0 bridgehead atoms. The average Bonchev–Trinajstić information content (AvgIpc) is 3.61. The molecule has 0 rings (SSSR count). The minimum atomic E-state index is -4.95. The van der Waals surface area contributed by atoms with E-state index >= 15 is 0 Å². The van der Waals surface area contributed by atoms with E-state index in [1.54, 1.807) is 0 Å². The summed E-state index contributed by atoms with van der Waals surface area (Å²) in [7, 11) is -9.90. The molecule has 0 aliphatic rings. The van der Waals surface area contributed by atoms with Crippen molar-refractivity contribution in [3.63, 3.8) is 0 Å². The predicted molar refractivity (Wildman–Crippen MR) is 354 cm³/mol. The van der Waals surface area contributed by atoms with Crippen LogP contribution in [0.25, 0.3) is 0 Å². The summed E-state index contributed by atoms with van der Waals surface area (Å²) < 4.78 is 68.2. The van der Waals surface area contributed by atoms with E-state index in [-0.39, 0.29) is 25.7 Å². The van der Waals surface area contributed by atoms with Crippen molar-refractivity contribution in [2.24, 2.45) is 5.92 Å². The maximum absolute atomic E-state index is 13.0. The third kappa shape index (κ3) is 62.8. The Balaban J connectivity index is 5.25. The van der Waals surface area contributed by atoms with E-state index in [1.807, 2.05) is 0 Å². The first kappa shape index (κ1) is 86.1. The standard InChI is InChI=1S/C69H134O17P2/c1-6-9-12-15-18-21-24-27-32-37-42-47-52-66(71)79-58-64(85-68(73)54-49-44-39-34-29-26-23-20-17-14-11-8-3)60-83-87(75,76)81-56-63(70)57-82-88(77,78)84-61-65(86-69(74)55-50-45-40-35-30-31-36-41-46-51-62(4)5)59-80-67(72)53-48-43-38-33-28-25-22-19-16-13-10-7-2/h62-65,70H,6-61H2,1-5H3,(H,75,76)(H,77,78)/t63-,64+,65+/m0/s1. The lowest BCUT2D eigenvalue weighted by Gasteiger charge is -2.21. The van der Waals surface area contributed by atoms with Crippen LogP contribution in [-0.4, -0.2) is 96.7 Å². The van der Waals surface area contributed by atoms with Crippen LogP contribution in [0.4, 0.5) is 0 Å². The van der Waals surface area contributed by atoms with Crippen LogP contribution in [0.5, 0.6) is 0 Å². The summed E-state index contributed by atoms with van der Waals surface area (Å²) in [5.74, 6) is -1.39. The van der Waals surface area contributed by atoms with Gasteiger partial charge in [0.1, 0.15) is 19.3 Å². The SMILES string of the molecule is CCCCCCCCCCCCCCC(=O)OC[C@H](COP(=O)(O)OC[C@H](O)COP(=O)(O)OC[C@@H](COC(=O)CCCCCCCCCCCCCC)OC(=O)CCCCCCCCCCCC(C)C)OC(=O)CCCCCCCCCCCCCC. The Bertz CT molecular complexity index is 1700. The first-order valence-corrected chi connectivity index (χ1v) is 39.1. The van der Waals surface area contributed by atoms with Gasteiger partial charge in [-0.1, -0.05) is 304 Å². The first-order chi connectivity index (χ1) is 42.5. The molecule has 3 N–H and O–H groups in total. The molecule has 2 unspecified atom stereocenters. The predicted octanol–water partition coefficient (Wildman–Crippen LogP) is 19.7. The number of ether oxygens (including phenoxy) is 4. The molecule has 0 aliphatic heterocycles. The zero-order valence-corrected chi connectivity index (χ0v) is 58.6. The normalized spacial score (nSPS) is 14.1. The van der Waals surface area contributed by atoms with Gasteiger partial charge in [-0.05, 0) is 31.6 Å². The van der Waals surface area contributed by atoms with E-state index in [0.717, 1.165) is 95.8 Å². The van der Waals surface area contributed by atoms with Crippen LogP contribution >= 0.6 is 15.6 Å². The molecule has 0 heterocycles. The van der Waals surface area contributed by atoms with Crippen molar-refractivity contribution < 1.29 is 80.2 Å². The van der Waals surface area contributed by atoms with Gasteiger partial charge in [0.05, 0.1) is 26.4 Å². The molecule has 0 radical (unpaired) electrons. The number of hydrogen-bond acceptors (Lipinski definition) is 15. The molecule has 0 aromatic rings. The summed E-state index contributed by atoms with van der Waals surface area (Å²) >= 11 is 0. The van der Waals surface area contributed by atoms with Gasteiger partial charge >= 0.3 is 39.5 Å². The Hall–Kier alpha value is -1.94. The van der Waals surface area contributed by atoms with Gasteiger partial charge in [-0.2, -0.15) is 0 Å². The van der Waals surface area contributed by atoms with Crippen LogP contribution in [0.15, 0.2) is 0 Å². The number of esters is 4. The second-order valence-corrected chi connectivity index (χ2v) is 28.3. The molecule has 0 saturated carbocycles. The minimum Gasteiger partial charge on any atom is -0.462 e. The molecule has 0 aromatic carbocycles. The van der Waals surface area contributed by atoms with Crippen molar-refractivity contribution >= 4 is 39.5 Å². The summed E-state index contributed by atoms with van der Waals surface area (Å²) in [5.41, 5.74) is 0. The van der Waals surface area contributed by atoms with Crippen molar-refractivity contribution in [3.8, 4) is 0 Å². The summed E-state index contributed by atoms with van der Waals surface area (Å²) in [6.45, 7) is 7.22. The fourth-order valence-corrected chi connectivity index (χ4v) is 12.0. The third-order valence-electron chi connectivity index (χ3n) is 16.0. The topological polar surface area (TPSA) is 237 Å². The Morgan fingerprint density at radius 2 is 0.523 bits per heavy atom. The second-order valence-electron chi connectivity index (χ2n) is 25.4. The van der Waals surface area contributed by atoms with Crippen LogP contribution in [0.2, 0.25) is 0 Å². The number of phosphoric ester groups is 2. The molecule has 5 atom stereocenters. The maximum atomic E-state index is 13.0. The molecule has 0 spiro atoms. The van der Waals surface area contributed by atoms with Gasteiger partial charge in [-0.3, -0.25) is 37.3 Å². The molecule has 0 fully saturated rings. The van der Waals surface area contributed by atoms with Gasteiger partial charge in [0, 0.05) is 25.7 Å². The Morgan fingerprint density at radius 3 is 0.773 bits per heavy atom. The molecule has 0 amide bonds. The van der Waals surface area contributed by atoms with Gasteiger partial charge in [0.25, 0.3) is 0 Å². The highest BCUT2D eigenvalue weighted by Gasteiger charge is 2.30. The number of aliphatic hydroxyl groups excluding tert-OH is 1. The molecule has 88 heavy (non-hydrogen) atoms. The summed E-state index contributed by atoms with van der Waals surface area (Å²) in [6, 6.07) is 0. The number of phosphoric acid groups is 2. The van der Waals surface area contributed by atoms with Crippen molar-refractivity contribution in [1.29, 1.82) is 0 Å². The van der Waals surface area contributed by atoms with Gasteiger partial charge < -0.3 is 33.8 Å². The Labute approximate surface area is 537 Å². The number of unbranched alkanes of at least 4 members (excludes halogenated alkanes) is 41. The van der Waals surface area contributed by atoms with Crippen LogP contribution < -0.4 is 0 Å². The molecule has 0 aliphatic carbocycles. The number of rotatable bonds is 69. The summed E-state index contributed by atoms with van der Waals surface area (Å²) in [6.07, 6.45) is 48.4. The van der Waals surface area contributed by atoms with Gasteiger partial charge in [-0.25, -0.2) is 9.13 Å². The van der Waals surface area contributed by atoms with Crippen LogP contribution in [0, 0.1) is 5.92 Å². The number of aliphatic hydroxyl groups is 1. The zero-order valence-electron chi connectivity index (χ0n) is 56.9. The quantitative estimate of drug-likeness (QED) is 0.0222. The fraction of sp³-hybridized carbons (Fsp3) is 0.942. The van der Waals surface area contributed by atoms with E-state index in [4.69, 9.17) is 37.0 Å². The molecule has 522 valence electrons. The number of carbonyl (C=O) groups excluding carboxylic acids is 4. The van der Waals surface area contributed by atoms with E-state index in [2.05, 4.69) is 34.6 Å².